The molecule has 0 bridgehead atoms. The van der Waals surface area contributed by atoms with Gasteiger partial charge in [0.1, 0.15) is 11.6 Å². The van der Waals surface area contributed by atoms with Gasteiger partial charge in [-0.2, -0.15) is 0 Å². The van der Waals surface area contributed by atoms with Crippen LogP contribution in [-0.2, 0) is 21.1 Å². The number of imidazole rings is 1. The second kappa shape index (κ2) is 17.1. The first-order valence-electron chi connectivity index (χ1n) is 21.7. The molecule has 0 aliphatic rings. The van der Waals surface area contributed by atoms with Crippen molar-refractivity contribution >= 4 is 11.0 Å². The van der Waals surface area contributed by atoms with Gasteiger partial charge in [0.2, 0.25) is 0 Å². The molecule has 0 amide bonds. The van der Waals surface area contributed by atoms with E-state index in [1.807, 2.05) is 114 Å². The molecule has 4 nitrogen and oxygen atoms in total. The van der Waals surface area contributed by atoms with E-state index in [1.54, 1.807) is 6.07 Å². The Labute approximate surface area is 371 Å². The van der Waals surface area contributed by atoms with Gasteiger partial charge in [0.25, 0.3) is 0 Å². The fraction of sp³-hybridized carbons (Fsp3) is 0.127. The van der Waals surface area contributed by atoms with Crippen LogP contribution in [0.15, 0.2) is 170 Å². The average Bonchev–Trinajstić information content (AvgIpc) is 3.69. The van der Waals surface area contributed by atoms with E-state index in [4.69, 9.17) is 14.1 Å². The molecule has 0 spiro atoms. The SMILES string of the molecule is [2H]C([2H])([2H])c1cc(-n2c(-c3cc(C(C)C)cc(C(C)C)c3O)nc3c(-c4[c-]c(-c5cc(-c6ccccc6)ccn5)cc(-c5ccccc5)c4)cccc32)ccc1-c1ccccc1.[Pt]. The number of phenolic OH excluding ortho intramolecular Hbond substituents is 1. The largest absolute Gasteiger partial charge is 0.507 e. The Morgan fingerprint density at radius 3 is 1.92 bits per heavy atom. The van der Waals surface area contributed by atoms with Gasteiger partial charge in [-0.25, -0.2) is 4.98 Å². The Morgan fingerprint density at radius 2 is 1.25 bits per heavy atom. The molecule has 0 saturated heterocycles. The summed E-state index contributed by atoms with van der Waals surface area (Å²) in [4.78, 5) is 10.3. The molecule has 9 aromatic rings. The van der Waals surface area contributed by atoms with Crippen molar-refractivity contribution in [1.82, 2.24) is 14.5 Å². The van der Waals surface area contributed by atoms with Gasteiger partial charge in [-0.3, -0.25) is 9.55 Å². The number of benzene rings is 7. The summed E-state index contributed by atoms with van der Waals surface area (Å²) >= 11 is 0. The van der Waals surface area contributed by atoms with Crippen LogP contribution in [0.3, 0.4) is 0 Å². The molecular weight excluding hydrogens is 914 g/mol. The molecule has 60 heavy (non-hydrogen) atoms. The van der Waals surface area contributed by atoms with Gasteiger partial charge in [-0.05, 0) is 93.5 Å². The summed E-state index contributed by atoms with van der Waals surface area (Å²) in [5.41, 5.74) is 13.7. The van der Waals surface area contributed by atoms with Crippen LogP contribution in [0.1, 0.15) is 60.3 Å². The maximum absolute atomic E-state index is 12.2. The van der Waals surface area contributed by atoms with E-state index in [-0.39, 0.29) is 44.2 Å². The Balaban J connectivity index is 0.00000544. The van der Waals surface area contributed by atoms with Crippen molar-refractivity contribution in [3.63, 3.8) is 0 Å². The molecule has 0 saturated carbocycles. The van der Waals surface area contributed by atoms with Crippen molar-refractivity contribution in [3.8, 4) is 78.6 Å². The number of aromatic hydroxyl groups is 1. The van der Waals surface area contributed by atoms with E-state index in [0.717, 1.165) is 66.8 Å². The molecule has 0 atom stereocenters. The first-order chi connectivity index (χ1) is 29.9. The number of fused-ring (bicyclic) bond motifs is 1. The molecule has 0 aliphatic heterocycles. The van der Waals surface area contributed by atoms with Crippen LogP contribution < -0.4 is 0 Å². The Bertz CT molecular complexity index is 3070. The van der Waals surface area contributed by atoms with Gasteiger partial charge in [0, 0.05) is 42.8 Å². The third-order valence-electron chi connectivity index (χ3n) is 11.1. The second-order valence-corrected chi connectivity index (χ2v) is 15.7. The van der Waals surface area contributed by atoms with Gasteiger partial charge in [-0.1, -0.05) is 166 Å². The standard InChI is InChI=1S/C55H46N3O.Pt/c1-35(2)42-32-49(36(3)4)54(59)50(33-42)55-57-53-48(22-15-23-52(53)58(55)46-24-25-47(37(5)28-46)40-20-13-8-14-21-40)44-29-43(39-18-11-7-12-19-39)30-45(31-44)51-34-41(26-27-56-51)38-16-9-6-10-17-38;/h6-30,32-36,59H,1-5H3;/q-1;/i5D3;. The van der Waals surface area contributed by atoms with Gasteiger partial charge >= 0.3 is 0 Å². The van der Waals surface area contributed by atoms with Crippen molar-refractivity contribution in [3.05, 3.63) is 193 Å². The van der Waals surface area contributed by atoms with Crippen LogP contribution in [0.5, 0.6) is 5.75 Å². The number of hydrogen-bond acceptors (Lipinski definition) is 3. The van der Waals surface area contributed by atoms with Crippen LogP contribution >= 0.6 is 0 Å². The van der Waals surface area contributed by atoms with E-state index >= 15 is 0 Å². The zero-order valence-corrected chi connectivity index (χ0v) is 36.2. The topological polar surface area (TPSA) is 50.9 Å². The minimum atomic E-state index is -2.41. The molecular formula is C55H46N3OPt-. The number of para-hydroxylation sites is 1. The van der Waals surface area contributed by atoms with E-state index in [9.17, 15) is 5.11 Å². The second-order valence-electron chi connectivity index (χ2n) is 15.7. The maximum Gasteiger partial charge on any atom is 0.148 e. The molecule has 2 heterocycles. The summed E-state index contributed by atoms with van der Waals surface area (Å²) in [5, 5.41) is 12.2. The molecule has 0 radical (unpaired) electrons. The maximum atomic E-state index is 12.2. The predicted octanol–water partition coefficient (Wildman–Crippen LogP) is 14.5. The van der Waals surface area contributed by atoms with Crippen molar-refractivity contribution in [1.29, 1.82) is 0 Å². The van der Waals surface area contributed by atoms with Crippen molar-refractivity contribution in [2.45, 2.75) is 46.4 Å². The first-order valence-corrected chi connectivity index (χ1v) is 20.2. The molecule has 9 rings (SSSR count). The fourth-order valence-electron chi connectivity index (χ4n) is 7.96. The van der Waals surface area contributed by atoms with Gasteiger partial charge in [0.15, 0.2) is 0 Å². The summed E-state index contributed by atoms with van der Waals surface area (Å²) in [6.07, 6.45) is 1.84. The number of hydrogen-bond donors (Lipinski definition) is 1. The Kier molecular flexibility index (Phi) is 10.5. The quantitative estimate of drug-likeness (QED) is 0.147. The molecule has 0 unspecified atom stereocenters. The van der Waals surface area contributed by atoms with Crippen molar-refractivity contribution < 1.29 is 30.3 Å². The normalized spacial score (nSPS) is 12.3. The minimum Gasteiger partial charge on any atom is -0.507 e. The van der Waals surface area contributed by atoms with E-state index < -0.39 is 6.85 Å². The van der Waals surface area contributed by atoms with E-state index in [0.29, 0.717) is 28.2 Å². The Morgan fingerprint density at radius 1 is 0.583 bits per heavy atom. The molecule has 0 aliphatic carbocycles. The number of pyridine rings is 1. The molecule has 5 heteroatoms. The predicted molar refractivity (Wildman–Crippen MR) is 245 cm³/mol. The number of nitrogens with zero attached hydrogens (tertiary/aromatic N) is 3. The molecule has 298 valence electrons. The minimum absolute atomic E-state index is 0. The molecule has 2 aromatic heterocycles. The number of aryl methyl sites for hydroxylation is 1. The van der Waals surface area contributed by atoms with Gasteiger partial charge < -0.3 is 5.11 Å². The van der Waals surface area contributed by atoms with Crippen molar-refractivity contribution in [2.24, 2.45) is 0 Å². The molecule has 7 aromatic carbocycles. The van der Waals surface area contributed by atoms with Crippen LogP contribution in [0.25, 0.3) is 83.9 Å². The summed E-state index contributed by atoms with van der Waals surface area (Å²) in [6.45, 7) is 6.02. The van der Waals surface area contributed by atoms with Crippen molar-refractivity contribution in [2.75, 3.05) is 0 Å². The summed E-state index contributed by atoms with van der Waals surface area (Å²) in [5.74, 6) is 0.880. The monoisotopic (exact) mass is 962 g/mol. The Hall–Kier alpha value is -6.35. The number of aromatic nitrogens is 3. The van der Waals surface area contributed by atoms with Gasteiger partial charge in [0.05, 0.1) is 16.6 Å². The van der Waals surface area contributed by atoms with E-state index in [1.165, 1.54) is 0 Å². The van der Waals surface area contributed by atoms with E-state index in [2.05, 4.69) is 88.4 Å². The third-order valence-corrected chi connectivity index (χ3v) is 11.1. The third kappa shape index (κ3) is 7.76. The molecule has 1 N–H and O–H groups in total. The van der Waals surface area contributed by atoms with Crippen LogP contribution in [-0.4, -0.2) is 19.6 Å². The number of phenols is 1. The smallest absolute Gasteiger partial charge is 0.148 e. The zero-order valence-electron chi connectivity index (χ0n) is 36.9. The van der Waals surface area contributed by atoms with Gasteiger partial charge in [-0.15, -0.1) is 23.8 Å². The van der Waals surface area contributed by atoms with Crippen LogP contribution in [0.2, 0.25) is 0 Å². The number of rotatable bonds is 9. The zero-order chi connectivity index (χ0) is 43.1. The fourth-order valence-corrected chi connectivity index (χ4v) is 7.96. The van der Waals surface area contributed by atoms with Crippen LogP contribution in [0, 0.1) is 12.9 Å². The first kappa shape index (κ1) is 36.7. The summed E-state index contributed by atoms with van der Waals surface area (Å²) in [7, 11) is 0. The summed E-state index contributed by atoms with van der Waals surface area (Å²) < 4.78 is 28.1. The summed E-state index contributed by atoms with van der Waals surface area (Å²) in [6, 6.07) is 58.1. The molecule has 0 fully saturated rings. The average molecular weight is 963 g/mol. The van der Waals surface area contributed by atoms with Crippen LogP contribution in [0.4, 0.5) is 0 Å².